The van der Waals surface area contributed by atoms with Crippen molar-refractivity contribution in [2.45, 2.75) is 20.0 Å². The lowest BCUT2D eigenvalue weighted by Crippen LogP contribution is -2.33. The molecule has 0 saturated carbocycles. The predicted molar refractivity (Wildman–Crippen MR) is 108 cm³/mol. The lowest BCUT2D eigenvalue weighted by atomic mass is 10.2. The Morgan fingerprint density at radius 1 is 1.11 bits per heavy atom. The first-order valence-electron chi connectivity index (χ1n) is 8.70. The van der Waals surface area contributed by atoms with Crippen LogP contribution in [0.15, 0.2) is 71.3 Å². The first kappa shape index (κ1) is 18.9. The van der Waals surface area contributed by atoms with E-state index in [0.717, 1.165) is 22.8 Å². The summed E-state index contributed by atoms with van der Waals surface area (Å²) in [6, 6.07) is 17.8. The molecular weight excluding hydrogens is 363 g/mol. The van der Waals surface area contributed by atoms with E-state index in [1.807, 2.05) is 54.3 Å². The maximum Gasteiger partial charge on any atom is 0.174 e. The van der Waals surface area contributed by atoms with E-state index in [1.54, 1.807) is 12.3 Å². The molecule has 3 aromatic rings. The number of furan rings is 1. The van der Waals surface area contributed by atoms with Crippen LogP contribution in [0, 0.1) is 5.82 Å². The Bertz CT molecular complexity index is 883. The van der Waals surface area contributed by atoms with E-state index < -0.39 is 0 Å². The molecule has 0 bridgehead atoms. The fourth-order valence-electron chi connectivity index (χ4n) is 2.69. The second kappa shape index (κ2) is 9.19. The van der Waals surface area contributed by atoms with Crippen molar-refractivity contribution in [3.05, 3.63) is 84.1 Å². The second-order valence-corrected chi connectivity index (χ2v) is 6.31. The van der Waals surface area contributed by atoms with Gasteiger partial charge < -0.3 is 19.4 Å². The highest BCUT2D eigenvalue weighted by atomic mass is 32.1. The number of hydrogen-bond acceptors (Lipinski definition) is 3. The molecule has 0 aliphatic heterocycles. The largest absolute Gasteiger partial charge is 0.492 e. The zero-order valence-corrected chi connectivity index (χ0v) is 15.8. The van der Waals surface area contributed by atoms with Crippen LogP contribution in [0.2, 0.25) is 0 Å². The molecular formula is C21H21FN2O2S. The van der Waals surface area contributed by atoms with Crippen LogP contribution in [0.3, 0.4) is 0 Å². The minimum absolute atomic E-state index is 0.272. The maximum atomic E-state index is 13.6. The maximum absolute atomic E-state index is 13.6. The van der Waals surface area contributed by atoms with E-state index in [0.29, 0.717) is 24.8 Å². The summed E-state index contributed by atoms with van der Waals surface area (Å²) in [5.41, 5.74) is 1.61. The Balaban J connectivity index is 1.80. The molecule has 2 aromatic carbocycles. The zero-order valence-electron chi connectivity index (χ0n) is 15.0. The third-order valence-corrected chi connectivity index (χ3v) is 4.27. The molecule has 0 aliphatic rings. The quantitative estimate of drug-likeness (QED) is 0.566. The number of thiocarbonyl (C=S) groups is 1. The molecule has 0 atom stereocenters. The smallest absolute Gasteiger partial charge is 0.174 e. The van der Waals surface area contributed by atoms with Crippen LogP contribution in [0.5, 0.6) is 5.75 Å². The van der Waals surface area contributed by atoms with Gasteiger partial charge in [-0.25, -0.2) is 4.39 Å². The molecule has 0 fully saturated rings. The summed E-state index contributed by atoms with van der Waals surface area (Å²) in [6.07, 6.45) is 1.62. The van der Waals surface area contributed by atoms with Gasteiger partial charge in [-0.05, 0) is 61.1 Å². The predicted octanol–water partition coefficient (Wildman–Crippen LogP) is 5.22. The van der Waals surface area contributed by atoms with Gasteiger partial charge in [0.2, 0.25) is 0 Å². The summed E-state index contributed by atoms with van der Waals surface area (Å²) in [5.74, 6) is 1.23. The Hall–Kier alpha value is -2.86. The fourth-order valence-corrected chi connectivity index (χ4v) is 2.93. The molecule has 6 heteroatoms. The summed E-state index contributed by atoms with van der Waals surface area (Å²) >= 11 is 5.63. The molecule has 0 spiro atoms. The number of benzene rings is 2. The van der Waals surface area contributed by atoms with Crippen molar-refractivity contribution in [1.29, 1.82) is 0 Å². The normalized spacial score (nSPS) is 10.4. The summed E-state index contributed by atoms with van der Waals surface area (Å²) in [6.45, 7) is 3.40. The van der Waals surface area contributed by atoms with Gasteiger partial charge in [-0.3, -0.25) is 0 Å². The van der Waals surface area contributed by atoms with Gasteiger partial charge in [0.15, 0.2) is 5.11 Å². The Kier molecular flexibility index (Phi) is 6.44. The highest BCUT2D eigenvalue weighted by Crippen LogP contribution is 2.24. The number of nitrogens with zero attached hydrogens (tertiary/aromatic N) is 1. The van der Waals surface area contributed by atoms with E-state index in [1.165, 1.54) is 12.1 Å². The molecule has 140 valence electrons. The van der Waals surface area contributed by atoms with Crippen molar-refractivity contribution in [2.24, 2.45) is 0 Å². The van der Waals surface area contributed by atoms with Crippen LogP contribution in [-0.2, 0) is 13.1 Å². The minimum Gasteiger partial charge on any atom is -0.492 e. The number of nitrogens with one attached hydrogen (secondary N) is 1. The van der Waals surface area contributed by atoms with Gasteiger partial charge in [0.05, 0.1) is 25.1 Å². The Labute approximate surface area is 163 Å². The monoisotopic (exact) mass is 384 g/mol. The van der Waals surface area contributed by atoms with Crippen LogP contribution in [0.4, 0.5) is 10.1 Å². The molecule has 3 rings (SSSR count). The summed E-state index contributed by atoms with van der Waals surface area (Å²) < 4.78 is 24.7. The van der Waals surface area contributed by atoms with Crippen molar-refractivity contribution >= 4 is 23.0 Å². The average molecular weight is 384 g/mol. The first-order chi connectivity index (χ1) is 13.2. The van der Waals surface area contributed by atoms with E-state index in [9.17, 15) is 4.39 Å². The zero-order chi connectivity index (χ0) is 19.1. The Morgan fingerprint density at radius 2 is 1.96 bits per heavy atom. The Morgan fingerprint density at radius 3 is 2.70 bits per heavy atom. The first-order valence-corrected chi connectivity index (χ1v) is 9.11. The molecule has 1 aromatic heterocycles. The van der Waals surface area contributed by atoms with E-state index in [4.69, 9.17) is 21.4 Å². The van der Waals surface area contributed by atoms with Crippen LogP contribution in [0.1, 0.15) is 18.2 Å². The van der Waals surface area contributed by atoms with Gasteiger partial charge in [0.1, 0.15) is 17.3 Å². The fraction of sp³-hybridized carbons (Fsp3) is 0.190. The molecule has 0 radical (unpaired) electrons. The molecule has 27 heavy (non-hydrogen) atoms. The summed E-state index contributed by atoms with van der Waals surface area (Å²) in [5, 5.41) is 3.74. The SMILES string of the molecule is CCOc1ccccc1NC(=S)N(Cc1cccc(F)c1)Cc1ccco1. The third kappa shape index (κ3) is 5.31. The third-order valence-electron chi connectivity index (χ3n) is 3.90. The van der Waals surface area contributed by atoms with Gasteiger partial charge in [-0.2, -0.15) is 0 Å². The minimum atomic E-state index is -0.272. The molecule has 0 saturated heterocycles. The van der Waals surface area contributed by atoms with Crippen molar-refractivity contribution in [3.8, 4) is 5.75 Å². The summed E-state index contributed by atoms with van der Waals surface area (Å²) in [4.78, 5) is 1.92. The number of para-hydroxylation sites is 2. The van der Waals surface area contributed by atoms with Crippen molar-refractivity contribution in [3.63, 3.8) is 0 Å². The second-order valence-electron chi connectivity index (χ2n) is 5.92. The van der Waals surface area contributed by atoms with Crippen LogP contribution in [0.25, 0.3) is 0 Å². The molecule has 0 unspecified atom stereocenters. The number of halogens is 1. The van der Waals surface area contributed by atoms with Crippen LogP contribution in [-0.4, -0.2) is 16.6 Å². The molecule has 1 N–H and O–H groups in total. The van der Waals surface area contributed by atoms with E-state index in [2.05, 4.69) is 5.32 Å². The van der Waals surface area contributed by atoms with Gasteiger partial charge in [0.25, 0.3) is 0 Å². The topological polar surface area (TPSA) is 37.6 Å². The van der Waals surface area contributed by atoms with Crippen LogP contribution < -0.4 is 10.1 Å². The van der Waals surface area contributed by atoms with E-state index in [-0.39, 0.29) is 5.82 Å². The standard InChI is InChI=1S/C21H21FN2O2S/c1-2-25-20-11-4-3-10-19(20)23-21(27)24(15-18-9-6-12-26-18)14-16-7-5-8-17(22)13-16/h3-13H,2,14-15H2,1H3,(H,23,27). The average Bonchev–Trinajstić information content (AvgIpc) is 3.16. The lowest BCUT2D eigenvalue weighted by molar-refractivity contribution is 0.341. The van der Waals surface area contributed by atoms with E-state index >= 15 is 0 Å². The van der Waals surface area contributed by atoms with Gasteiger partial charge in [0, 0.05) is 6.54 Å². The highest BCUT2D eigenvalue weighted by Gasteiger charge is 2.15. The van der Waals surface area contributed by atoms with Gasteiger partial charge in [-0.15, -0.1) is 0 Å². The van der Waals surface area contributed by atoms with Crippen LogP contribution >= 0.6 is 12.2 Å². The van der Waals surface area contributed by atoms with Crippen molar-refractivity contribution < 1.29 is 13.5 Å². The molecule has 4 nitrogen and oxygen atoms in total. The highest BCUT2D eigenvalue weighted by molar-refractivity contribution is 7.80. The number of rotatable bonds is 7. The number of ether oxygens (including phenoxy) is 1. The number of hydrogen-bond donors (Lipinski definition) is 1. The number of anilines is 1. The molecule has 0 aliphatic carbocycles. The van der Waals surface area contributed by atoms with Gasteiger partial charge >= 0.3 is 0 Å². The van der Waals surface area contributed by atoms with Crippen molar-refractivity contribution in [2.75, 3.05) is 11.9 Å². The van der Waals surface area contributed by atoms with Crippen molar-refractivity contribution in [1.82, 2.24) is 4.90 Å². The molecule has 0 amide bonds. The summed E-state index contributed by atoms with van der Waals surface area (Å²) in [7, 11) is 0. The lowest BCUT2D eigenvalue weighted by Gasteiger charge is -2.26. The van der Waals surface area contributed by atoms with Gasteiger partial charge in [-0.1, -0.05) is 24.3 Å². The molecule has 1 heterocycles.